The van der Waals surface area contributed by atoms with E-state index in [-0.39, 0.29) is 17.2 Å². The van der Waals surface area contributed by atoms with Gasteiger partial charge in [-0.3, -0.25) is 9.59 Å². The Morgan fingerprint density at radius 1 is 0.972 bits per heavy atom. The number of rotatable bonds is 6. The lowest BCUT2D eigenvalue weighted by atomic mass is 10.1. The standard InChI is InChI=1S/C28H28ClN3O3S/c1-35-25-5-3-2-4-24(25)30-14-16-31(17-15-30)27(34)21-8-10-22(11-9-21)28-32(26(33)19-36-28)18-20-6-12-23(29)13-7-20/h2-13,28H,14-19H2,1H3/t28-/m0/s1. The molecule has 3 aromatic carbocycles. The number of methoxy groups -OCH3 is 1. The fraction of sp³-hybridized carbons (Fsp3) is 0.286. The van der Waals surface area contributed by atoms with Gasteiger partial charge in [-0.1, -0.05) is 48.0 Å². The molecule has 0 spiro atoms. The second-order valence-corrected chi connectivity index (χ2v) is 10.4. The molecule has 3 aromatic rings. The van der Waals surface area contributed by atoms with Crippen LogP contribution < -0.4 is 9.64 Å². The van der Waals surface area contributed by atoms with Crippen LogP contribution in [0.1, 0.15) is 26.9 Å². The smallest absolute Gasteiger partial charge is 0.253 e. The minimum atomic E-state index is -0.0678. The first-order chi connectivity index (χ1) is 17.5. The summed E-state index contributed by atoms with van der Waals surface area (Å²) in [7, 11) is 1.68. The minimum Gasteiger partial charge on any atom is -0.495 e. The van der Waals surface area contributed by atoms with Crippen LogP contribution in [-0.2, 0) is 11.3 Å². The average molecular weight is 522 g/mol. The second-order valence-electron chi connectivity index (χ2n) is 8.88. The number of benzene rings is 3. The molecule has 1 atom stereocenters. The highest BCUT2D eigenvalue weighted by atomic mass is 35.5. The van der Waals surface area contributed by atoms with E-state index in [1.165, 1.54) is 0 Å². The molecule has 6 nitrogen and oxygen atoms in total. The molecular formula is C28H28ClN3O3S. The number of nitrogens with zero attached hydrogens (tertiary/aromatic N) is 3. The van der Waals surface area contributed by atoms with Gasteiger partial charge in [0.25, 0.3) is 5.91 Å². The largest absolute Gasteiger partial charge is 0.495 e. The summed E-state index contributed by atoms with van der Waals surface area (Å²) in [4.78, 5) is 31.8. The van der Waals surface area contributed by atoms with Gasteiger partial charge in [0, 0.05) is 43.3 Å². The van der Waals surface area contributed by atoms with Gasteiger partial charge in [-0.2, -0.15) is 0 Å². The van der Waals surface area contributed by atoms with Crippen LogP contribution >= 0.6 is 23.4 Å². The number of carbonyl (C=O) groups excluding carboxylic acids is 2. The zero-order valence-corrected chi connectivity index (χ0v) is 21.7. The van der Waals surface area contributed by atoms with Gasteiger partial charge < -0.3 is 19.4 Å². The Labute approximate surface area is 220 Å². The highest BCUT2D eigenvalue weighted by molar-refractivity contribution is 8.00. The number of amides is 2. The average Bonchev–Trinajstić information content (AvgIpc) is 3.29. The van der Waals surface area contributed by atoms with Crippen LogP contribution in [0.15, 0.2) is 72.8 Å². The molecule has 2 saturated heterocycles. The predicted molar refractivity (Wildman–Crippen MR) is 145 cm³/mol. The highest BCUT2D eigenvalue weighted by Gasteiger charge is 2.33. The van der Waals surface area contributed by atoms with Gasteiger partial charge in [-0.15, -0.1) is 11.8 Å². The van der Waals surface area contributed by atoms with E-state index in [4.69, 9.17) is 16.3 Å². The van der Waals surface area contributed by atoms with Crippen LogP contribution in [0.4, 0.5) is 5.69 Å². The summed E-state index contributed by atoms with van der Waals surface area (Å²) in [5.41, 5.74) is 3.79. The van der Waals surface area contributed by atoms with Gasteiger partial charge in [0.05, 0.1) is 18.6 Å². The molecule has 0 aliphatic carbocycles. The number of halogens is 1. The van der Waals surface area contributed by atoms with E-state index in [0.717, 1.165) is 35.7 Å². The summed E-state index contributed by atoms with van der Waals surface area (Å²) in [6.07, 6.45) is 0. The number of hydrogen-bond acceptors (Lipinski definition) is 5. The Kier molecular flexibility index (Phi) is 7.39. The molecule has 186 valence electrons. The first kappa shape index (κ1) is 24.5. The maximum Gasteiger partial charge on any atom is 0.253 e. The number of anilines is 1. The van der Waals surface area contributed by atoms with E-state index >= 15 is 0 Å². The van der Waals surface area contributed by atoms with Crippen molar-refractivity contribution < 1.29 is 14.3 Å². The first-order valence-electron chi connectivity index (χ1n) is 12.0. The molecule has 0 radical (unpaired) electrons. The Morgan fingerprint density at radius 2 is 1.67 bits per heavy atom. The monoisotopic (exact) mass is 521 g/mol. The molecule has 2 aliphatic heterocycles. The van der Waals surface area contributed by atoms with Crippen LogP contribution in [0.5, 0.6) is 5.75 Å². The SMILES string of the molecule is COc1ccccc1N1CCN(C(=O)c2ccc([C@@H]3SCC(=O)N3Cc3ccc(Cl)cc3)cc2)CC1. The van der Waals surface area contributed by atoms with E-state index in [1.54, 1.807) is 18.9 Å². The predicted octanol–water partition coefficient (Wildman–Crippen LogP) is 5.09. The number of hydrogen-bond donors (Lipinski definition) is 0. The molecule has 2 fully saturated rings. The van der Waals surface area contributed by atoms with E-state index < -0.39 is 0 Å². The Hall–Kier alpha value is -3.16. The van der Waals surface area contributed by atoms with Gasteiger partial charge in [-0.05, 0) is 47.5 Å². The van der Waals surface area contributed by atoms with Crippen molar-refractivity contribution >= 4 is 40.9 Å². The quantitative estimate of drug-likeness (QED) is 0.452. The fourth-order valence-electron chi connectivity index (χ4n) is 4.70. The lowest BCUT2D eigenvalue weighted by Crippen LogP contribution is -2.48. The zero-order valence-electron chi connectivity index (χ0n) is 20.1. The van der Waals surface area contributed by atoms with E-state index in [2.05, 4.69) is 11.0 Å². The molecule has 0 bridgehead atoms. The third kappa shape index (κ3) is 5.18. The van der Waals surface area contributed by atoms with Gasteiger partial charge in [-0.25, -0.2) is 0 Å². The normalized spacial score (nSPS) is 18.0. The second kappa shape index (κ2) is 10.8. The molecule has 2 aliphatic rings. The summed E-state index contributed by atoms with van der Waals surface area (Å²) in [5.74, 6) is 1.46. The molecule has 0 saturated carbocycles. The minimum absolute atomic E-state index is 0.0365. The van der Waals surface area contributed by atoms with Crippen molar-refractivity contribution in [1.82, 2.24) is 9.80 Å². The number of piperazine rings is 1. The maximum atomic E-state index is 13.2. The van der Waals surface area contributed by atoms with Crippen LogP contribution in [0.2, 0.25) is 5.02 Å². The summed E-state index contributed by atoms with van der Waals surface area (Å²) in [6, 6.07) is 23.3. The number of thioether (sulfide) groups is 1. The van der Waals surface area contributed by atoms with Gasteiger partial charge >= 0.3 is 0 Å². The lowest BCUT2D eigenvalue weighted by molar-refractivity contribution is -0.128. The molecule has 0 unspecified atom stereocenters. The van der Waals surface area contributed by atoms with Crippen molar-refractivity contribution in [1.29, 1.82) is 0 Å². The fourth-order valence-corrected chi connectivity index (χ4v) is 6.02. The van der Waals surface area contributed by atoms with Gasteiger partial charge in [0.2, 0.25) is 5.91 Å². The molecule has 0 N–H and O–H groups in total. The van der Waals surface area contributed by atoms with Crippen LogP contribution in [0, 0.1) is 0 Å². The highest BCUT2D eigenvalue weighted by Crippen LogP contribution is 2.39. The number of para-hydroxylation sites is 2. The molecule has 2 amide bonds. The molecule has 36 heavy (non-hydrogen) atoms. The van der Waals surface area contributed by atoms with Crippen molar-refractivity contribution in [2.75, 3.05) is 43.9 Å². The first-order valence-corrected chi connectivity index (χ1v) is 13.4. The molecule has 8 heteroatoms. The van der Waals surface area contributed by atoms with Crippen molar-refractivity contribution in [3.8, 4) is 5.75 Å². The summed E-state index contributed by atoms with van der Waals surface area (Å²) in [6.45, 7) is 3.35. The maximum absolute atomic E-state index is 13.2. The Morgan fingerprint density at radius 3 is 2.36 bits per heavy atom. The summed E-state index contributed by atoms with van der Waals surface area (Å²) < 4.78 is 5.49. The van der Waals surface area contributed by atoms with Crippen LogP contribution in [0.3, 0.4) is 0 Å². The van der Waals surface area contributed by atoms with E-state index in [0.29, 0.717) is 36.0 Å². The van der Waals surface area contributed by atoms with Crippen LogP contribution in [-0.4, -0.2) is 60.7 Å². The zero-order chi connectivity index (χ0) is 25.1. The van der Waals surface area contributed by atoms with Crippen molar-refractivity contribution in [3.63, 3.8) is 0 Å². The third-order valence-corrected chi connectivity index (χ3v) is 8.18. The summed E-state index contributed by atoms with van der Waals surface area (Å²) >= 11 is 7.62. The third-order valence-electron chi connectivity index (χ3n) is 6.67. The number of ether oxygens (including phenoxy) is 1. The molecule has 2 heterocycles. The Balaban J connectivity index is 1.22. The van der Waals surface area contributed by atoms with Crippen LogP contribution in [0.25, 0.3) is 0 Å². The van der Waals surface area contributed by atoms with Crippen molar-refractivity contribution in [2.24, 2.45) is 0 Å². The Bertz CT molecular complexity index is 1230. The summed E-state index contributed by atoms with van der Waals surface area (Å²) in [5, 5.41) is 0.612. The van der Waals surface area contributed by atoms with Gasteiger partial charge in [0.1, 0.15) is 11.1 Å². The molecule has 0 aromatic heterocycles. The van der Waals surface area contributed by atoms with Gasteiger partial charge in [0.15, 0.2) is 0 Å². The molecule has 5 rings (SSSR count). The topological polar surface area (TPSA) is 53.1 Å². The molecular weight excluding hydrogens is 494 g/mol. The van der Waals surface area contributed by atoms with Crippen molar-refractivity contribution in [2.45, 2.75) is 11.9 Å². The van der Waals surface area contributed by atoms with Crippen molar-refractivity contribution in [3.05, 3.63) is 94.5 Å². The van der Waals surface area contributed by atoms with E-state index in [9.17, 15) is 9.59 Å². The van der Waals surface area contributed by atoms with E-state index in [1.807, 2.05) is 76.5 Å². The lowest BCUT2D eigenvalue weighted by Gasteiger charge is -2.36. The number of carbonyl (C=O) groups is 2.